The number of benzene rings is 2. The Morgan fingerprint density at radius 1 is 0.750 bits per heavy atom. The maximum atomic E-state index is 12.9. The van der Waals surface area contributed by atoms with Crippen molar-refractivity contribution in [2.75, 3.05) is 0 Å². The average molecular weight is 381 g/mol. The van der Waals surface area contributed by atoms with E-state index in [1.165, 1.54) is 0 Å². The summed E-state index contributed by atoms with van der Waals surface area (Å²) < 4.78 is 0. The molecule has 0 saturated heterocycles. The molecule has 0 saturated carbocycles. The van der Waals surface area contributed by atoms with Crippen LogP contribution in [0.25, 0.3) is 0 Å². The molecule has 0 fully saturated rings. The van der Waals surface area contributed by atoms with Gasteiger partial charge < -0.3 is 10.6 Å². The summed E-state index contributed by atoms with van der Waals surface area (Å²) in [6.07, 6.45) is 3.49. The lowest BCUT2D eigenvalue weighted by molar-refractivity contribution is -0.136. The summed E-state index contributed by atoms with van der Waals surface area (Å²) >= 11 is 0. The van der Waals surface area contributed by atoms with Gasteiger partial charge in [-0.1, -0.05) is 86.8 Å². The van der Waals surface area contributed by atoms with Crippen molar-refractivity contribution in [2.24, 2.45) is 5.92 Å². The molecule has 2 N–H and O–H groups in total. The lowest BCUT2D eigenvalue weighted by Crippen LogP contribution is -2.42. The van der Waals surface area contributed by atoms with E-state index in [9.17, 15) is 9.59 Å². The first-order valence-electron chi connectivity index (χ1n) is 10.2. The van der Waals surface area contributed by atoms with Crippen LogP contribution in [0.4, 0.5) is 0 Å². The second kappa shape index (κ2) is 11.3. The molecule has 28 heavy (non-hydrogen) atoms. The van der Waals surface area contributed by atoms with Crippen molar-refractivity contribution in [1.82, 2.24) is 10.6 Å². The van der Waals surface area contributed by atoms with Gasteiger partial charge >= 0.3 is 0 Å². The second-order valence-electron chi connectivity index (χ2n) is 7.33. The van der Waals surface area contributed by atoms with Crippen LogP contribution < -0.4 is 10.6 Å². The standard InChI is InChI=1S/C24H32N2O2/c1-4-5-8-17-22(23(27)25-18(2)20-13-9-6-10-14-20)24(28)26-19(3)21-15-11-7-12-16-21/h6-7,9-16,18-19,22H,4-5,8,17H2,1-3H3,(H,25,27)(H,26,28)/t18-,19+,22?. The van der Waals surface area contributed by atoms with E-state index in [0.717, 1.165) is 30.4 Å². The van der Waals surface area contributed by atoms with Crippen LogP contribution in [0.5, 0.6) is 0 Å². The van der Waals surface area contributed by atoms with E-state index in [0.29, 0.717) is 6.42 Å². The molecular formula is C24H32N2O2. The third-order valence-electron chi connectivity index (χ3n) is 5.05. The zero-order valence-corrected chi connectivity index (χ0v) is 17.2. The highest BCUT2D eigenvalue weighted by atomic mass is 16.2. The van der Waals surface area contributed by atoms with Crippen LogP contribution in [0, 0.1) is 5.92 Å². The molecular weight excluding hydrogens is 348 g/mol. The summed E-state index contributed by atoms with van der Waals surface area (Å²) in [7, 11) is 0. The first kappa shape index (κ1) is 21.7. The first-order chi connectivity index (χ1) is 13.5. The third-order valence-corrected chi connectivity index (χ3v) is 5.05. The Morgan fingerprint density at radius 3 is 1.57 bits per heavy atom. The highest BCUT2D eigenvalue weighted by molar-refractivity contribution is 6.00. The number of carbonyl (C=O) groups excluding carboxylic acids is 2. The maximum Gasteiger partial charge on any atom is 0.233 e. The first-order valence-corrected chi connectivity index (χ1v) is 10.2. The molecule has 1 unspecified atom stereocenters. The largest absolute Gasteiger partial charge is 0.349 e. The number of carbonyl (C=O) groups is 2. The van der Waals surface area contributed by atoms with Gasteiger partial charge in [0.25, 0.3) is 0 Å². The summed E-state index contributed by atoms with van der Waals surface area (Å²) in [4.78, 5) is 25.8. The van der Waals surface area contributed by atoms with Crippen molar-refractivity contribution in [2.45, 2.75) is 58.5 Å². The number of nitrogens with one attached hydrogen (secondary N) is 2. The Balaban J connectivity index is 2.04. The van der Waals surface area contributed by atoms with Crippen LogP contribution >= 0.6 is 0 Å². The molecule has 2 amide bonds. The van der Waals surface area contributed by atoms with E-state index in [-0.39, 0.29) is 23.9 Å². The summed E-state index contributed by atoms with van der Waals surface area (Å²) in [6.45, 7) is 6.01. The van der Waals surface area contributed by atoms with E-state index >= 15 is 0 Å². The molecule has 2 aromatic carbocycles. The molecule has 0 aromatic heterocycles. The van der Waals surface area contributed by atoms with Crippen LogP contribution in [0.1, 0.15) is 69.7 Å². The highest BCUT2D eigenvalue weighted by Gasteiger charge is 2.28. The zero-order valence-electron chi connectivity index (χ0n) is 17.2. The fraction of sp³-hybridized carbons (Fsp3) is 0.417. The van der Waals surface area contributed by atoms with Crippen molar-refractivity contribution < 1.29 is 9.59 Å². The van der Waals surface area contributed by atoms with Gasteiger partial charge in [-0.2, -0.15) is 0 Å². The molecule has 0 aliphatic heterocycles. The highest BCUT2D eigenvalue weighted by Crippen LogP contribution is 2.18. The van der Waals surface area contributed by atoms with E-state index in [2.05, 4.69) is 17.6 Å². The van der Waals surface area contributed by atoms with Crippen molar-refractivity contribution in [3.8, 4) is 0 Å². The molecule has 3 atom stereocenters. The molecule has 4 heteroatoms. The minimum atomic E-state index is -0.677. The summed E-state index contributed by atoms with van der Waals surface area (Å²) in [6, 6.07) is 19.3. The van der Waals surface area contributed by atoms with Gasteiger partial charge in [-0.3, -0.25) is 9.59 Å². The molecule has 150 valence electrons. The predicted octanol–water partition coefficient (Wildman–Crippen LogP) is 4.94. The van der Waals surface area contributed by atoms with Gasteiger partial charge in [0.2, 0.25) is 11.8 Å². The Hall–Kier alpha value is -2.62. The molecule has 0 radical (unpaired) electrons. The average Bonchev–Trinajstić information content (AvgIpc) is 2.72. The van der Waals surface area contributed by atoms with E-state index in [4.69, 9.17) is 0 Å². The number of unbranched alkanes of at least 4 members (excludes halogenated alkanes) is 2. The molecule has 0 bridgehead atoms. The van der Waals surface area contributed by atoms with Gasteiger partial charge in [0.05, 0.1) is 12.1 Å². The lowest BCUT2D eigenvalue weighted by Gasteiger charge is -2.22. The quantitative estimate of drug-likeness (QED) is 0.453. The monoisotopic (exact) mass is 380 g/mol. The molecule has 4 nitrogen and oxygen atoms in total. The molecule has 0 heterocycles. The van der Waals surface area contributed by atoms with Crippen molar-refractivity contribution in [1.29, 1.82) is 0 Å². The van der Waals surface area contributed by atoms with E-state index in [1.54, 1.807) is 0 Å². The van der Waals surface area contributed by atoms with Crippen LogP contribution in [0.2, 0.25) is 0 Å². The van der Waals surface area contributed by atoms with Gasteiger partial charge in [0.1, 0.15) is 5.92 Å². The van der Waals surface area contributed by atoms with E-state index < -0.39 is 5.92 Å². The van der Waals surface area contributed by atoms with Crippen molar-refractivity contribution >= 4 is 11.8 Å². The minimum absolute atomic E-state index is 0.137. The van der Waals surface area contributed by atoms with Crippen LogP contribution in [0.3, 0.4) is 0 Å². The van der Waals surface area contributed by atoms with Gasteiger partial charge in [0.15, 0.2) is 0 Å². The smallest absolute Gasteiger partial charge is 0.233 e. The maximum absolute atomic E-state index is 12.9. The van der Waals surface area contributed by atoms with Crippen molar-refractivity contribution in [3.05, 3.63) is 71.8 Å². The lowest BCUT2D eigenvalue weighted by atomic mass is 9.97. The summed E-state index contributed by atoms with van der Waals surface area (Å²) in [5, 5.41) is 6.03. The fourth-order valence-corrected chi connectivity index (χ4v) is 3.26. The molecule has 0 aliphatic carbocycles. The van der Waals surface area contributed by atoms with Gasteiger partial charge in [-0.25, -0.2) is 0 Å². The van der Waals surface area contributed by atoms with Gasteiger partial charge in [-0.15, -0.1) is 0 Å². The topological polar surface area (TPSA) is 58.2 Å². The molecule has 0 aliphatic rings. The SMILES string of the molecule is CCCCCC(C(=O)N[C@@H](C)c1ccccc1)C(=O)N[C@H](C)c1ccccc1. The second-order valence-corrected chi connectivity index (χ2v) is 7.33. The minimum Gasteiger partial charge on any atom is -0.349 e. The zero-order chi connectivity index (χ0) is 20.4. The summed E-state index contributed by atoms with van der Waals surface area (Å²) in [5.74, 6) is -1.08. The fourth-order valence-electron chi connectivity index (χ4n) is 3.26. The van der Waals surface area contributed by atoms with Gasteiger partial charge in [0, 0.05) is 0 Å². The van der Waals surface area contributed by atoms with Crippen LogP contribution in [-0.4, -0.2) is 11.8 Å². The van der Waals surface area contributed by atoms with Crippen molar-refractivity contribution in [3.63, 3.8) is 0 Å². The normalized spacial score (nSPS) is 14.0. The third kappa shape index (κ3) is 6.52. The Morgan fingerprint density at radius 2 is 1.18 bits per heavy atom. The Bertz CT molecular complexity index is 671. The van der Waals surface area contributed by atoms with Crippen LogP contribution in [0.15, 0.2) is 60.7 Å². The predicted molar refractivity (Wildman–Crippen MR) is 114 cm³/mol. The van der Waals surface area contributed by atoms with Crippen LogP contribution in [-0.2, 0) is 9.59 Å². The van der Waals surface area contributed by atoms with E-state index in [1.807, 2.05) is 74.5 Å². The molecule has 2 aromatic rings. The van der Waals surface area contributed by atoms with Gasteiger partial charge in [-0.05, 0) is 31.4 Å². The number of hydrogen-bond acceptors (Lipinski definition) is 2. The molecule has 2 rings (SSSR count). The Labute approximate surface area is 168 Å². The summed E-state index contributed by atoms with van der Waals surface area (Å²) in [5.41, 5.74) is 2.06. The number of rotatable bonds is 10. The number of amides is 2. The molecule has 0 spiro atoms. The number of hydrogen-bond donors (Lipinski definition) is 2. The Kier molecular flexibility index (Phi) is 8.73.